The van der Waals surface area contributed by atoms with E-state index in [-0.39, 0.29) is 5.91 Å². The van der Waals surface area contributed by atoms with E-state index < -0.39 is 0 Å². The molecule has 0 spiro atoms. The van der Waals surface area contributed by atoms with E-state index in [0.29, 0.717) is 12.1 Å². The summed E-state index contributed by atoms with van der Waals surface area (Å²) in [5.41, 5.74) is 0.646. The van der Waals surface area contributed by atoms with Gasteiger partial charge in [0.15, 0.2) is 0 Å². The fourth-order valence-electron chi connectivity index (χ4n) is 2.20. The van der Waals surface area contributed by atoms with Gasteiger partial charge >= 0.3 is 0 Å². The summed E-state index contributed by atoms with van der Waals surface area (Å²) in [7, 11) is 0. The van der Waals surface area contributed by atoms with E-state index in [1.165, 1.54) is 0 Å². The fourth-order valence-corrected chi connectivity index (χ4v) is 2.46. The largest absolute Gasteiger partial charge is 0.352 e. The SMILES string of the molecule is O=C(NCCCN1CCNCC1)c1ccccc1S. The number of rotatable bonds is 5. The number of nitrogens with one attached hydrogen (secondary N) is 2. The third-order valence-electron chi connectivity index (χ3n) is 3.29. The number of benzene rings is 1. The highest BCUT2D eigenvalue weighted by atomic mass is 32.1. The third kappa shape index (κ3) is 4.53. The number of thiol groups is 1. The lowest BCUT2D eigenvalue weighted by Crippen LogP contribution is -2.44. The summed E-state index contributed by atoms with van der Waals surface area (Å²) in [5, 5.41) is 6.28. The van der Waals surface area contributed by atoms with Crippen LogP contribution in [0.2, 0.25) is 0 Å². The molecule has 1 aliphatic heterocycles. The zero-order chi connectivity index (χ0) is 13.5. The van der Waals surface area contributed by atoms with Gasteiger partial charge in [0.1, 0.15) is 0 Å². The Morgan fingerprint density at radius 2 is 2.05 bits per heavy atom. The van der Waals surface area contributed by atoms with Gasteiger partial charge in [0, 0.05) is 37.6 Å². The van der Waals surface area contributed by atoms with Crippen molar-refractivity contribution in [3.63, 3.8) is 0 Å². The number of hydrogen-bond acceptors (Lipinski definition) is 4. The van der Waals surface area contributed by atoms with E-state index in [2.05, 4.69) is 28.2 Å². The third-order valence-corrected chi connectivity index (χ3v) is 3.68. The maximum Gasteiger partial charge on any atom is 0.252 e. The quantitative estimate of drug-likeness (QED) is 0.556. The summed E-state index contributed by atoms with van der Waals surface area (Å²) < 4.78 is 0. The Morgan fingerprint density at radius 3 is 2.79 bits per heavy atom. The monoisotopic (exact) mass is 279 g/mol. The summed E-state index contributed by atoms with van der Waals surface area (Å²) in [5.74, 6) is -0.0362. The number of carbonyl (C=O) groups excluding carboxylic acids is 1. The minimum absolute atomic E-state index is 0.0362. The van der Waals surface area contributed by atoms with Crippen LogP contribution in [0.15, 0.2) is 29.2 Å². The van der Waals surface area contributed by atoms with Gasteiger partial charge in [-0.2, -0.15) is 0 Å². The number of carbonyl (C=O) groups is 1. The molecule has 0 radical (unpaired) electrons. The maximum atomic E-state index is 11.9. The van der Waals surface area contributed by atoms with E-state index in [0.717, 1.165) is 44.0 Å². The Kier molecular flexibility index (Phi) is 5.69. The molecule has 1 heterocycles. The molecule has 1 saturated heterocycles. The molecule has 0 aromatic heterocycles. The van der Waals surface area contributed by atoms with Crippen molar-refractivity contribution < 1.29 is 4.79 Å². The molecular weight excluding hydrogens is 258 g/mol. The molecule has 0 atom stereocenters. The molecule has 104 valence electrons. The molecule has 0 saturated carbocycles. The lowest BCUT2D eigenvalue weighted by Gasteiger charge is -2.27. The van der Waals surface area contributed by atoms with E-state index >= 15 is 0 Å². The molecular formula is C14H21N3OS. The van der Waals surface area contributed by atoms with Crippen LogP contribution in [-0.2, 0) is 0 Å². The van der Waals surface area contributed by atoms with Crippen molar-refractivity contribution in [2.24, 2.45) is 0 Å². The summed E-state index contributed by atoms with van der Waals surface area (Å²) in [6.07, 6.45) is 0.987. The lowest BCUT2D eigenvalue weighted by molar-refractivity contribution is 0.0948. The maximum absolute atomic E-state index is 11.9. The lowest BCUT2D eigenvalue weighted by atomic mass is 10.2. The van der Waals surface area contributed by atoms with Crippen molar-refractivity contribution in [2.45, 2.75) is 11.3 Å². The van der Waals surface area contributed by atoms with Crippen LogP contribution < -0.4 is 10.6 Å². The Hall–Kier alpha value is -1.04. The molecule has 2 N–H and O–H groups in total. The number of nitrogens with zero attached hydrogens (tertiary/aromatic N) is 1. The minimum atomic E-state index is -0.0362. The predicted molar refractivity (Wildman–Crippen MR) is 80.0 cm³/mol. The predicted octanol–water partition coefficient (Wildman–Crippen LogP) is 1.00. The standard InChI is InChI=1S/C14H21N3OS/c18-14(12-4-1-2-5-13(12)19)16-6-3-9-17-10-7-15-8-11-17/h1-2,4-5,15,19H,3,6-11H2,(H,16,18). The van der Waals surface area contributed by atoms with Gasteiger partial charge in [0.2, 0.25) is 0 Å². The van der Waals surface area contributed by atoms with E-state index in [9.17, 15) is 4.79 Å². The van der Waals surface area contributed by atoms with Crippen LogP contribution in [0.1, 0.15) is 16.8 Å². The summed E-state index contributed by atoms with van der Waals surface area (Å²) >= 11 is 4.29. The van der Waals surface area contributed by atoms with Crippen molar-refractivity contribution in [1.29, 1.82) is 0 Å². The summed E-state index contributed by atoms with van der Waals surface area (Å²) in [4.78, 5) is 15.1. The van der Waals surface area contributed by atoms with Crippen LogP contribution in [0.3, 0.4) is 0 Å². The second-order valence-corrected chi connectivity index (χ2v) is 5.20. The molecule has 2 rings (SSSR count). The highest BCUT2D eigenvalue weighted by Gasteiger charge is 2.10. The number of amides is 1. The van der Waals surface area contributed by atoms with Gasteiger partial charge in [-0.3, -0.25) is 4.79 Å². The van der Waals surface area contributed by atoms with E-state index in [1.807, 2.05) is 18.2 Å². The van der Waals surface area contributed by atoms with Crippen LogP contribution in [0.25, 0.3) is 0 Å². The normalized spacial score (nSPS) is 16.3. The number of hydrogen-bond donors (Lipinski definition) is 3. The average molecular weight is 279 g/mol. The first kappa shape index (κ1) is 14.4. The Balaban J connectivity index is 1.68. The van der Waals surface area contributed by atoms with Crippen molar-refractivity contribution in [3.8, 4) is 0 Å². The molecule has 1 fully saturated rings. The molecule has 0 bridgehead atoms. The van der Waals surface area contributed by atoms with Crippen LogP contribution in [-0.4, -0.2) is 50.1 Å². The molecule has 1 aromatic rings. The molecule has 0 unspecified atom stereocenters. The van der Waals surface area contributed by atoms with E-state index in [4.69, 9.17) is 0 Å². The smallest absolute Gasteiger partial charge is 0.252 e. The summed E-state index contributed by atoms with van der Waals surface area (Å²) in [6, 6.07) is 7.37. The van der Waals surface area contributed by atoms with Gasteiger partial charge in [-0.25, -0.2) is 0 Å². The second-order valence-electron chi connectivity index (χ2n) is 4.72. The minimum Gasteiger partial charge on any atom is -0.352 e. The van der Waals surface area contributed by atoms with Gasteiger partial charge in [-0.05, 0) is 25.1 Å². The molecule has 4 nitrogen and oxygen atoms in total. The van der Waals surface area contributed by atoms with Gasteiger partial charge in [0.25, 0.3) is 5.91 Å². The van der Waals surface area contributed by atoms with Crippen molar-refractivity contribution in [3.05, 3.63) is 29.8 Å². The molecule has 1 aliphatic rings. The second kappa shape index (κ2) is 7.53. The van der Waals surface area contributed by atoms with Crippen LogP contribution in [0, 0.1) is 0 Å². The molecule has 0 aliphatic carbocycles. The van der Waals surface area contributed by atoms with Crippen LogP contribution >= 0.6 is 12.6 Å². The summed E-state index contributed by atoms with van der Waals surface area (Å²) in [6.45, 7) is 6.11. The first-order chi connectivity index (χ1) is 9.27. The zero-order valence-corrected chi connectivity index (χ0v) is 12.0. The van der Waals surface area contributed by atoms with Crippen molar-refractivity contribution in [1.82, 2.24) is 15.5 Å². The molecule has 1 aromatic carbocycles. The molecule has 1 amide bonds. The average Bonchev–Trinajstić information content (AvgIpc) is 2.45. The Bertz CT molecular complexity index is 419. The highest BCUT2D eigenvalue weighted by Crippen LogP contribution is 2.12. The Labute approximate surface area is 120 Å². The van der Waals surface area contributed by atoms with Crippen molar-refractivity contribution in [2.75, 3.05) is 39.3 Å². The van der Waals surface area contributed by atoms with Crippen LogP contribution in [0.4, 0.5) is 0 Å². The Morgan fingerprint density at radius 1 is 1.32 bits per heavy atom. The number of piperazine rings is 1. The van der Waals surface area contributed by atoms with Gasteiger partial charge in [0.05, 0.1) is 5.56 Å². The highest BCUT2D eigenvalue weighted by molar-refractivity contribution is 7.80. The van der Waals surface area contributed by atoms with Gasteiger partial charge < -0.3 is 15.5 Å². The fraction of sp³-hybridized carbons (Fsp3) is 0.500. The van der Waals surface area contributed by atoms with Gasteiger partial charge in [-0.15, -0.1) is 12.6 Å². The molecule has 5 heteroatoms. The van der Waals surface area contributed by atoms with Gasteiger partial charge in [-0.1, -0.05) is 12.1 Å². The first-order valence-corrected chi connectivity index (χ1v) is 7.21. The molecule has 19 heavy (non-hydrogen) atoms. The zero-order valence-electron chi connectivity index (χ0n) is 11.1. The van der Waals surface area contributed by atoms with Crippen molar-refractivity contribution >= 4 is 18.5 Å². The van der Waals surface area contributed by atoms with Crippen LogP contribution in [0.5, 0.6) is 0 Å². The first-order valence-electron chi connectivity index (χ1n) is 6.76. The van der Waals surface area contributed by atoms with E-state index in [1.54, 1.807) is 6.07 Å². The topological polar surface area (TPSA) is 44.4 Å².